The maximum absolute atomic E-state index is 13.1. The second kappa shape index (κ2) is 5.48. The molecule has 1 unspecified atom stereocenters. The molecule has 1 atom stereocenters. The zero-order valence-corrected chi connectivity index (χ0v) is 10.9. The number of aryl methyl sites for hydroxylation is 1. The average Bonchev–Trinajstić information content (AvgIpc) is 2.75. The predicted molar refractivity (Wildman–Crippen MR) is 69.1 cm³/mol. The summed E-state index contributed by atoms with van der Waals surface area (Å²) in [4.78, 5) is 14.2. The van der Waals surface area contributed by atoms with E-state index in [0.29, 0.717) is 23.6 Å². The smallest absolute Gasteiger partial charge is 0.251 e. The maximum atomic E-state index is 13.1. The first kappa shape index (κ1) is 13.0. The number of nitrogens with zero attached hydrogens (tertiary/aromatic N) is 1. The number of carbonyl (C=O) groups excluding carboxylic acids is 1. The van der Waals surface area contributed by atoms with Gasteiger partial charge in [0.1, 0.15) is 5.82 Å². The molecule has 1 aromatic carbocycles. The number of nitrogens with one attached hydrogen (secondary N) is 1. The molecule has 3 nitrogen and oxygen atoms in total. The van der Waals surface area contributed by atoms with E-state index in [1.54, 1.807) is 13.0 Å². The van der Waals surface area contributed by atoms with E-state index < -0.39 is 0 Å². The molecule has 0 radical (unpaired) electrons. The van der Waals surface area contributed by atoms with Gasteiger partial charge in [-0.2, -0.15) is 0 Å². The Kier molecular flexibility index (Phi) is 3.97. The number of carbonyl (C=O) groups is 1. The lowest BCUT2D eigenvalue weighted by Crippen LogP contribution is -2.30. The first-order valence-corrected chi connectivity index (χ1v) is 6.29. The first-order valence-electron chi connectivity index (χ1n) is 6.29. The summed E-state index contributed by atoms with van der Waals surface area (Å²) in [5.74, 6) is 0.136. The highest BCUT2D eigenvalue weighted by Crippen LogP contribution is 2.13. The molecule has 1 heterocycles. The van der Waals surface area contributed by atoms with E-state index in [1.807, 2.05) is 0 Å². The van der Waals surface area contributed by atoms with E-state index in [-0.39, 0.29) is 11.7 Å². The number of amides is 1. The molecule has 0 spiro atoms. The van der Waals surface area contributed by atoms with E-state index in [4.69, 9.17) is 0 Å². The van der Waals surface area contributed by atoms with Gasteiger partial charge in [0.2, 0.25) is 0 Å². The molecule has 1 aliphatic rings. The van der Waals surface area contributed by atoms with Crippen molar-refractivity contribution in [2.24, 2.45) is 5.92 Å². The molecular weight excluding hydrogens is 231 g/mol. The number of rotatable bonds is 3. The van der Waals surface area contributed by atoms with Crippen LogP contribution >= 0.6 is 0 Å². The normalized spacial score (nSPS) is 20.1. The highest BCUT2D eigenvalue weighted by atomic mass is 19.1. The molecule has 1 aliphatic heterocycles. The molecule has 18 heavy (non-hydrogen) atoms. The van der Waals surface area contributed by atoms with Gasteiger partial charge in [0.25, 0.3) is 5.91 Å². The van der Waals surface area contributed by atoms with Crippen molar-refractivity contribution in [2.75, 3.05) is 26.7 Å². The van der Waals surface area contributed by atoms with Gasteiger partial charge in [-0.05, 0) is 56.6 Å². The van der Waals surface area contributed by atoms with Gasteiger partial charge in [-0.15, -0.1) is 0 Å². The quantitative estimate of drug-likeness (QED) is 0.887. The third kappa shape index (κ3) is 3.07. The molecule has 1 N–H and O–H groups in total. The van der Waals surface area contributed by atoms with Gasteiger partial charge in [0, 0.05) is 18.7 Å². The summed E-state index contributed by atoms with van der Waals surface area (Å²) in [5.41, 5.74) is 1.03. The third-order valence-corrected chi connectivity index (χ3v) is 3.46. The molecule has 1 aromatic rings. The fraction of sp³-hybridized carbons (Fsp3) is 0.500. The van der Waals surface area contributed by atoms with Crippen molar-refractivity contribution in [1.29, 1.82) is 0 Å². The fourth-order valence-corrected chi connectivity index (χ4v) is 2.32. The summed E-state index contributed by atoms with van der Waals surface area (Å²) in [6.07, 6.45) is 1.12. The summed E-state index contributed by atoms with van der Waals surface area (Å²) >= 11 is 0. The molecule has 2 rings (SSSR count). The third-order valence-electron chi connectivity index (χ3n) is 3.46. The van der Waals surface area contributed by atoms with Gasteiger partial charge >= 0.3 is 0 Å². The Morgan fingerprint density at radius 3 is 2.94 bits per heavy atom. The second-order valence-electron chi connectivity index (χ2n) is 5.09. The van der Waals surface area contributed by atoms with Crippen molar-refractivity contribution in [1.82, 2.24) is 10.2 Å². The molecule has 0 bridgehead atoms. The number of hydrogen-bond donors (Lipinski definition) is 1. The van der Waals surface area contributed by atoms with Crippen LogP contribution in [0, 0.1) is 18.7 Å². The van der Waals surface area contributed by atoms with Crippen LogP contribution in [0.4, 0.5) is 4.39 Å². The lowest BCUT2D eigenvalue weighted by Gasteiger charge is -2.12. The number of hydrogen-bond acceptors (Lipinski definition) is 2. The standard InChI is InChI=1S/C14H19FN2O/c1-10-7-12(3-4-13(10)15)14(18)16-8-11-5-6-17(2)9-11/h3-4,7,11H,5-6,8-9H2,1-2H3,(H,16,18). The topological polar surface area (TPSA) is 32.3 Å². The second-order valence-corrected chi connectivity index (χ2v) is 5.09. The Balaban J connectivity index is 1.89. The van der Waals surface area contributed by atoms with Crippen LogP contribution in [0.25, 0.3) is 0 Å². The minimum absolute atomic E-state index is 0.118. The summed E-state index contributed by atoms with van der Waals surface area (Å²) in [6, 6.07) is 4.46. The predicted octanol–water partition coefficient (Wildman–Crippen LogP) is 1.82. The van der Waals surface area contributed by atoms with E-state index in [0.717, 1.165) is 19.5 Å². The van der Waals surface area contributed by atoms with Crippen molar-refractivity contribution in [3.05, 3.63) is 35.1 Å². The van der Waals surface area contributed by atoms with Crippen LogP contribution in [0.1, 0.15) is 22.3 Å². The Morgan fingerprint density at radius 1 is 1.56 bits per heavy atom. The van der Waals surface area contributed by atoms with Crippen LogP contribution < -0.4 is 5.32 Å². The molecule has 0 aromatic heterocycles. The largest absolute Gasteiger partial charge is 0.352 e. The average molecular weight is 250 g/mol. The molecule has 0 aliphatic carbocycles. The monoisotopic (exact) mass is 250 g/mol. The van der Waals surface area contributed by atoms with E-state index >= 15 is 0 Å². The molecule has 1 fully saturated rings. The first-order chi connectivity index (χ1) is 8.56. The van der Waals surface area contributed by atoms with Gasteiger partial charge in [-0.1, -0.05) is 0 Å². The van der Waals surface area contributed by atoms with Crippen LogP contribution in [0.3, 0.4) is 0 Å². The zero-order valence-electron chi connectivity index (χ0n) is 10.9. The molecule has 1 amide bonds. The Labute approximate surface area is 107 Å². The van der Waals surface area contributed by atoms with Crippen LogP contribution in [0.15, 0.2) is 18.2 Å². The summed E-state index contributed by atoms with van der Waals surface area (Å²) in [7, 11) is 2.09. The maximum Gasteiger partial charge on any atom is 0.251 e. The van der Waals surface area contributed by atoms with Crippen molar-refractivity contribution < 1.29 is 9.18 Å². The molecule has 4 heteroatoms. The highest BCUT2D eigenvalue weighted by Gasteiger charge is 2.20. The van der Waals surface area contributed by atoms with E-state index in [9.17, 15) is 9.18 Å². The van der Waals surface area contributed by atoms with E-state index in [2.05, 4.69) is 17.3 Å². The SMILES string of the molecule is Cc1cc(C(=O)NCC2CCN(C)C2)ccc1F. The Morgan fingerprint density at radius 2 is 2.33 bits per heavy atom. The van der Waals surface area contributed by atoms with Crippen molar-refractivity contribution in [3.63, 3.8) is 0 Å². The van der Waals surface area contributed by atoms with Crippen molar-refractivity contribution >= 4 is 5.91 Å². The van der Waals surface area contributed by atoms with Gasteiger partial charge in [-0.3, -0.25) is 4.79 Å². The van der Waals surface area contributed by atoms with Gasteiger partial charge in [0.15, 0.2) is 0 Å². The number of benzene rings is 1. The number of halogens is 1. The molecular formula is C14H19FN2O. The molecule has 0 saturated carbocycles. The molecule has 1 saturated heterocycles. The summed E-state index contributed by atoms with van der Waals surface area (Å²) in [6.45, 7) is 4.48. The number of likely N-dealkylation sites (tertiary alicyclic amines) is 1. The van der Waals surface area contributed by atoms with Gasteiger partial charge in [0.05, 0.1) is 0 Å². The summed E-state index contributed by atoms with van der Waals surface area (Å²) in [5, 5.41) is 2.92. The lowest BCUT2D eigenvalue weighted by atomic mass is 10.1. The lowest BCUT2D eigenvalue weighted by molar-refractivity contribution is 0.0947. The van der Waals surface area contributed by atoms with Crippen LogP contribution in [-0.4, -0.2) is 37.5 Å². The van der Waals surface area contributed by atoms with Gasteiger partial charge < -0.3 is 10.2 Å². The van der Waals surface area contributed by atoms with Gasteiger partial charge in [-0.25, -0.2) is 4.39 Å². The van der Waals surface area contributed by atoms with Crippen LogP contribution in [-0.2, 0) is 0 Å². The summed E-state index contributed by atoms with van der Waals surface area (Å²) < 4.78 is 13.1. The van der Waals surface area contributed by atoms with Crippen molar-refractivity contribution in [3.8, 4) is 0 Å². The van der Waals surface area contributed by atoms with Crippen LogP contribution in [0.5, 0.6) is 0 Å². The Hall–Kier alpha value is -1.42. The Bertz CT molecular complexity index is 447. The molecule has 98 valence electrons. The minimum Gasteiger partial charge on any atom is -0.352 e. The van der Waals surface area contributed by atoms with Crippen LogP contribution in [0.2, 0.25) is 0 Å². The fourth-order valence-electron chi connectivity index (χ4n) is 2.32. The van der Waals surface area contributed by atoms with Crippen molar-refractivity contribution in [2.45, 2.75) is 13.3 Å². The van der Waals surface area contributed by atoms with E-state index in [1.165, 1.54) is 12.1 Å². The minimum atomic E-state index is -0.274. The highest BCUT2D eigenvalue weighted by molar-refractivity contribution is 5.94. The zero-order chi connectivity index (χ0) is 13.1.